The van der Waals surface area contributed by atoms with E-state index in [0.717, 1.165) is 0 Å². The minimum Gasteiger partial charge on any atom is -0.397 e. The molecule has 0 radical (unpaired) electrons. The van der Waals surface area contributed by atoms with Gasteiger partial charge < -0.3 is 11.1 Å². The molecule has 1 fully saturated rings. The van der Waals surface area contributed by atoms with Gasteiger partial charge in [-0.2, -0.15) is 0 Å². The normalized spacial score (nSPS) is 17.8. The molecule has 1 aliphatic rings. The Morgan fingerprint density at radius 3 is 2.62 bits per heavy atom. The van der Waals surface area contributed by atoms with E-state index in [9.17, 15) is 8.42 Å². The Bertz CT molecular complexity index is 581. The summed E-state index contributed by atoms with van der Waals surface area (Å²) in [5.74, 6) is 0.637. The molecule has 1 aromatic carbocycles. The maximum absolute atomic E-state index is 12.1. The maximum atomic E-state index is 12.1. The highest BCUT2D eigenvalue weighted by atomic mass is 32.2. The van der Waals surface area contributed by atoms with Crippen LogP contribution in [0.5, 0.6) is 0 Å². The molecule has 1 aromatic rings. The molecule has 21 heavy (non-hydrogen) atoms. The molecule has 0 amide bonds. The van der Waals surface area contributed by atoms with Gasteiger partial charge in [0.1, 0.15) is 0 Å². The molecular formula is C15H25N3O2S. The Kier molecular flexibility index (Phi) is 5.11. The number of nitrogens with one attached hydrogen (secondary N) is 2. The molecular weight excluding hydrogens is 286 g/mol. The van der Waals surface area contributed by atoms with Crippen LogP contribution in [0.25, 0.3) is 0 Å². The van der Waals surface area contributed by atoms with Gasteiger partial charge in [-0.1, -0.05) is 19.8 Å². The summed E-state index contributed by atoms with van der Waals surface area (Å²) in [4.78, 5) is 0.250. The third kappa shape index (κ3) is 3.89. The summed E-state index contributed by atoms with van der Waals surface area (Å²) in [5.41, 5.74) is 7.26. The van der Waals surface area contributed by atoms with Crippen LogP contribution >= 0.6 is 0 Å². The zero-order valence-electron chi connectivity index (χ0n) is 12.7. The summed E-state index contributed by atoms with van der Waals surface area (Å²) in [6.45, 7) is 4.27. The third-order valence-corrected chi connectivity index (χ3v) is 5.70. The zero-order valence-corrected chi connectivity index (χ0v) is 13.5. The monoisotopic (exact) mass is 311 g/mol. The van der Waals surface area contributed by atoms with E-state index in [1.54, 1.807) is 25.1 Å². The highest BCUT2D eigenvalue weighted by Gasteiger charge is 2.22. The second-order valence-electron chi connectivity index (χ2n) is 5.73. The number of nitrogens with two attached hydrogens (primary N) is 1. The largest absolute Gasteiger partial charge is 0.397 e. The van der Waals surface area contributed by atoms with Crippen molar-refractivity contribution in [3.63, 3.8) is 0 Å². The molecule has 0 heterocycles. The van der Waals surface area contributed by atoms with Gasteiger partial charge in [0.25, 0.3) is 0 Å². The fourth-order valence-corrected chi connectivity index (χ4v) is 3.99. The van der Waals surface area contributed by atoms with Crippen molar-refractivity contribution in [2.24, 2.45) is 5.92 Å². The fraction of sp³-hybridized carbons (Fsp3) is 0.600. The summed E-state index contributed by atoms with van der Waals surface area (Å²) >= 11 is 0. The number of hydrogen-bond acceptors (Lipinski definition) is 4. The van der Waals surface area contributed by atoms with Crippen molar-refractivity contribution in [1.82, 2.24) is 4.72 Å². The predicted octanol–water partition coefficient (Wildman–Crippen LogP) is 2.56. The van der Waals surface area contributed by atoms with Crippen LogP contribution in [-0.2, 0) is 10.0 Å². The Hall–Kier alpha value is -1.27. The third-order valence-electron chi connectivity index (χ3n) is 4.16. The summed E-state index contributed by atoms with van der Waals surface area (Å²) in [5, 5.41) is 3.39. The van der Waals surface area contributed by atoms with Gasteiger partial charge in [0.05, 0.1) is 16.3 Å². The van der Waals surface area contributed by atoms with Crippen molar-refractivity contribution in [3.8, 4) is 0 Å². The quantitative estimate of drug-likeness (QED) is 0.705. The van der Waals surface area contributed by atoms with Gasteiger partial charge in [-0.05, 0) is 43.9 Å². The van der Waals surface area contributed by atoms with Crippen molar-refractivity contribution in [2.45, 2.75) is 50.5 Å². The molecule has 6 heteroatoms. The van der Waals surface area contributed by atoms with Crippen molar-refractivity contribution in [1.29, 1.82) is 0 Å². The average Bonchev–Trinajstić information content (AvgIpc) is 2.95. The molecule has 1 unspecified atom stereocenters. The summed E-state index contributed by atoms with van der Waals surface area (Å²) in [7, 11) is -3.45. The summed E-state index contributed by atoms with van der Waals surface area (Å²) < 4.78 is 26.6. The van der Waals surface area contributed by atoms with E-state index in [-0.39, 0.29) is 4.90 Å². The van der Waals surface area contributed by atoms with Crippen LogP contribution in [0.3, 0.4) is 0 Å². The van der Waals surface area contributed by atoms with Gasteiger partial charge in [0, 0.05) is 12.6 Å². The average molecular weight is 311 g/mol. The lowest BCUT2D eigenvalue weighted by Gasteiger charge is -2.23. The predicted molar refractivity (Wildman–Crippen MR) is 86.8 cm³/mol. The fourth-order valence-electron chi connectivity index (χ4n) is 2.92. The van der Waals surface area contributed by atoms with Crippen LogP contribution in [0.15, 0.2) is 23.1 Å². The van der Waals surface area contributed by atoms with Crippen LogP contribution in [-0.4, -0.2) is 21.0 Å². The van der Waals surface area contributed by atoms with E-state index >= 15 is 0 Å². The molecule has 2 rings (SSSR count). The van der Waals surface area contributed by atoms with Crippen LogP contribution in [0.1, 0.15) is 39.5 Å². The highest BCUT2D eigenvalue weighted by Crippen LogP contribution is 2.31. The smallest absolute Gasteiger partial charge is 0.240 e. The van der Waals surface area contributed by atoms with E-state index in [2.05, 4.69) is 17.0 Å². The molecule has 1 atom stereocenters. The first-order valence-corrected chi connectivity index (χ1v) is 9.08. The van der Waals surface area contributed by atoms with Gasteiger partial charge in [0.2, 0.25) is 10.0 Å². The van der Waals surface area contributed by atoms with Crippen LogP contribution in [0.2, 0.25) is 0 Å². The van der Waals surface area contributed by atoms with E-state index in [4.69, 9.17) is 5.73 Å². The van der Waals surface area contributed by atoms with E-state index < -0.39 is 10.0 Å². The van der Waals surface area contributed by atoms with Gasteiger partial charge in [-0.15, -0.1) is 0 Å². The molecule has 4 N–H and O–H groups in total. The molecule has 0 aliphatic heterocycles. The van der Waals surface area contributed by atoms with E-state index in [1.807, 2.05) is 0 Å². The number of sulfonamides is 1. The first-order valence-electron chi connectivity index (χ1n) is 7.59. The van der Waals surface area contributed by atoms with Gasteiger partial charge in [-0.25, -0.2) is 13.1 Å². The Morgan fingerprint density at radius 1 is 1.33 bits per heavy atom. The van der Waals surface area contributed by atoms with Crippen molar-refractivity contribution in [2.75, 3.05) is 17.6 Å². The minimum atomic E-state index is -3.45. The number of rotatable bonds is 6. The first kappa shape index (κ1) is 16.1. The molecule has 5 nitrogen and oxygen atoms in total. The second kappa shape index (κ2) is 6.66. The maximum Gasteiger partial charge on any atom is 0.240 e. The molecule has 1 aliphatic carbocycles. The standard InChI is InChI=1S/C15H25N3O2S/c1-3-17-21(19,20)13-8-9-14(16)15(10-13)18-11(2)12-6-4-5-7-12/h8-12,17-18H,3-7,16H2,1-2H3. The van der Waals surface area contributed by atoms with Crippen molar-refractivity contribution in [3.05, 3.63) is 18.2 Å². The lowest BCUT2D eigenvalue weighted by Crippen LogP contribution is -2.25. The summed E-state index contributed by atoms with van der Waals surface area (Å²) in [6.07, 6.45) is 5.01. The van der Waals surface area contributed by atoms with E-state index in [1.165, 1.54) is 25.7 Å². The minimum absolute atomic E-state index is 0.250. The topological polar surface area (TPSA) is 84.2 Å². The van der Waals surface area contributed by atoms with Crippen LogP contribution in [0, 0.1) is 5.92 Å². The molecule has 0 saturated heterocycles. The number of benzene rings is 1. The van der Waals surface area contributed by atoms with Crippen LogP contribution in [0.4, 0.5) is 11.4 Å². The molecule has 118 valence electrons. The van der Waals surface area contributed by atoms with Crippen LogP contribution < -0.4 is 15.8 Å². The molecule has 1 saturated carbocycles. The number of nitrogen functional groups attached to an aromatic ring is 1. The Labute approximate surface area is 127 Å². The van der Waals surface area contributed by atoms with E-state index in [0.29, 0.717) is 29.9 Å². The SMILES string of the molecule is CCNS(=O)(=O)c1ccc(N)c(NC(C)C2CCCC2)c1. The Balaban J connectivity index is 2.19. The molecule has 0 bridgehead atoms. The van der Waals surface area contributed by atoms with Crippen molar-refractivity contribution >= 4 is 21.4 Å². The van der Waals surface area contributed by atoms with Gasteiger partial charge in [-0.3, -0.25) is 0 Å². The van der Waals surface area contributed by atoms with Gasteiger partial charge in [0.15, 0.2) is 0 Å². The number of hydrogen-bond donors (Lipinski definition) is 3. The lowest BCUT2D eigenvalue weighted by molar-refractivity contribution is 0.482. The Morgan fingerprint density at radius 2 is 2.00 bits per heavy atom. The first-order chi connectivity index (χ1) is 9.94. The zero-order chi connectivity index (χ0) is 15.5. The second-order valence-corrected chi connectivity index (χ2v) is 7.49. The van der Waals surface area contributed by atoms with Gasteiger partial charge >= 0.3 is 0 Å². The molecule has 0 spiro atoms. The number of anilines is 2. The molecule has 0 aromatic heterocycles. The summed E-state index contributed by atoms with van der Waals surface area (Å²) in [6, 6.07) is 5.11. The lowest BCUT2D eigenvalue weighted by atomic mass is 9.99. The van der Waals surface area contributed by atoms with Crippen molar-refractivity contribution < 1.29 is 8.42 Å². The highest BCUT2D eigenvalue weighted by molar-refractivity contribution is 7.89.